The van der Waals surface area contributed by atoms with E-state index in [-0.39, 0.29) is 6.61 Å². The summed E-state index contributed by atoms with van der Waals surface area (Å²) in [5.41, 5.74) is 3.14. The van der Waals surface area contributed by atoms with Gasteiger partial charge in [0.2, 0.25) is 0 Å². The summed E-state index contributed by atoms with van der Waals surface area (Å²) in [6.07, 6.45) is 3.47. The molecule has 0 unspecified atom stereocenters. The topological polar surface area (TPSA) is 20.2 Å². The molecular weight excluding hydrogens is 136 g/mol. The minimum Gasteiger partial charge on any atom is -0.392 e. The van der Waals surface area contributed by atoms with Crippen molar-refractivity contribution < 1.29 is 5.11 Å². The Morgan fingerprint density at radius 2 is 2.09 bits per heavy atom. The third-order valence-corrected chi connectivity index (χ3v) is 2.64. The van der Waals surface area contributed by atoms with Crippen molar-refractivity contribution in [1.29, 1.82) is 0 Å². The lowest BCUT2D eigenvalue weighted by Gasteiger charge is -2.31. The Hall–Kier alpha value is -0.300. The molecule has 0 bridgehead atoms. The number of allylic oxidation sites excluding steroid dienone is 1. The quantitative estimate of drug-likeness (QED) is 0.575. The van der Waals surface area contributed by atoms with Gasteiger partial charge in [0.15, 0.2) is 0 Å². The Bertz CT molecular complexity index is 177. The molecule has 64 valence electrons. The van der Waals surface area contributed by atoms with Gasteiger partial charge in [0.1, 0.15) is 0 Å². The zero-order valence-corrected chi connectivity index (χ0v) is 7.78. The molecule has 1 aliphatic carbocycles. The van der Waals surface area contributed by atoms with E-state index in [1.165, 1.54) is 17.6 Å². The average Bonchev–Trinajstić information content (AvgIpc) is 1.86. The van der Waals surface area contributed by atoms with Gasteiger partial charge in [-0.15, -0.1) is 0 Å². The van der Waals surface area contributed by atoms with E-state index in [1.54, 1.807) is 0 Å². The summed E-state index contributed by atoms with van der Waals surface area (Å²) in [5.74, 6) is 0. The zero-order valence-electron chi connectivity index (χ0n) is 7.78. The lowest BCUT2D eigenvalue weighted by atomic mass is 9.75. The van der Waals surface area contributed by atoms with Gasteiger partial charge in [-0.1, -0.05) is 19.4 Å². The van der Waals surface area contributed by atoms with Gasteiger partial charge in [0.05, 0.1) is 6.61 Å². The van der Waals surface area contributed by atoms with Gasteiger partial charge in [-0.3, -0.25) is 0 Å². The molecule has 11 heavy (non-hydrogen) atoms. The Morgan fingerprint density at radius 3 is 2.55 bits per heavy atom. The minimum atomic E-state index is 0.266. The van der Waals surface area contributed by atoms with Crippen molar-refractivity contribution in [3.8, 4) is 0 Å². The van der Waals surface area contributed by atoms with E-state index < -0.39 is 0 Å². The van der Waals surface area contributed by atoms with Crippen molar-refractivity contribution in [2.75, 3.05) is 6.61 Å². The predicted octanol–water partition coefficient (Wildman–Crippen LogP) is 2.51. The van der Waals surface area contributed by atoms with E-state index in [0.29, 0.717) is 5.41 Å². The summed E-state index contributed by atoms with van der Waals surface area (Å²) >= 11 is 0. The predicted molar refractivity (Wildman–Crippen MR) is 47.4 cm³/mol. The van der Waals surface area contributed by atoms with Gasteiger partial charge in [-0.05, 0) is 37.2 Å². The first-order valence-electron chi connectivity index (χ1n) is 4.33. The molecule has 1 nitrogen and oxygen atoms in total. The number of hydrogen-bond acceptors (Lipinski definition) is 1. The van der Waals surface area contributed by atoms with Crippen molar-refractivity contribution in [3.05, 3.63) is 11.1 Å². The van der Waals surface area contributed by atoms with E-state index >= 15 is 0 Å². The number of aliphatic hydroxyl groups excluding tert-OH is 1. The molecule has 0 atom stereocenters. The zero-order chi connectivity index (χ0) is 8.48. The first-order valence-corrected chi connectivity index (χ1v) is 4.33. The molecule has 0 aliphatic heterocycles. The van der Waals surface area contributed by atoms with Crippen LogP contribution in [0.15, 0.2) is 11.1 Å². The highest BCUT2D eigenvalue weighted by molar-refractivity contribution is 5.17. The van der Waals surface area contributed by atoms with Crippen LogP contribution in [0, 0.1) is 5.41 Å². The van der Waals surface area contributed by atoms with Crippen LogP contribution in [0.25, 0.3) is 0 Å². The first-order chi connectivity index (χ1) is 5.05. The Morgan fingerprint density at radius 1 is 1.45 bits per heavy atom. The molecule has 0 fully saturated rings. The fourth-order valence-electron chi connectivity index (χ4n) is 1.85. The van der Waals surface area contributed by atoms with Gasteiger partial charge in [0, 0.05) is 0 Å². The molecule has 0 saturated heterocycles. The highest BCUT2D eigenvalue weighted by atomic mass is 16.3. The van der Waals surface area contributed by atoms with Gasteiger partial charge in [-0.25, -0.2) is 0 Å². The molecule has 1 N–H and O–H groups in total. The van der Waals surface area contributed by atoms with Crippen LogP contribution in [0.1, 0.15) is 40.0 Å². The maximum atomic E-state index is 8.97. The van der Waals surface area contributed by atoms with Crippen molar-refractivity contribution in [1.82, 2.24) is 0 Å². The fraction of sp³-hybridized carbons (Fsp3) is 0.800. The van der Waals surface area contributed by atoms with Gasteiger partial charge >= 0.3 is 0 Å². The maximum absolute atomic E-state index is 8.97. The van der Waals surface area contributed by atoms with Crippen LogP contribution in [0.3, 0.4) is 0 Å². The molecule has 1 rings (SSSR count). The normalized spacial score (nSPS) is 24.0. The molecular formula is C10H18O. The lowest BCUT2D eigenvalue weighted by Crippen LogP contribution is -2.18. The van der Waals surface area contributed by atoms with Crippen LogP contribution in [0.2, 0.25) is 0 Å². The largest absolute Gasteiger partial charge is 0.392 e. The number of aliphatic hydroxyl groups is 1. The Kier molecular flexibility index (Phi) is 2.38. The second-order valence-corrected chi connectivity index (χ2v) is 4.38. The Balaban J connectivity index is 2.71. The van der Waals surface area contributed by atoms with E-state index in [2.05, 4.69) is 20.8 Å². The molecule has 0 saturated carbocycles. The van der Waals surface area contributed by atoms with Gasteiger partial charge in [-0.2, -0.15) is 0 Å². The minimum absolute atomic E-state index is 0.266. The third-order valence-electron chi connectivity index (χ3n) is 2.64. The molecule has 1 aliphatic rings. The Labute approximate surface area is 69.1 Å². The van der Waals surface area contributed by atoms with Crippen LogP contribution in [0.5, 0.6) is 0 Å². The van der Waals surface area contributed by atoms with Crippen molar-refractivity contribution in [2.45, 2.75) is 40.0 Å². The maximum Gasteiger partial charge on any atom is 0.0644 e. The van der Waals surface area contributed by atoms with E-state index in [4.69, 9.17) is 5.11 Å². The summed E-state index contributed by atoms with van der Waals surface area (Å²) in [6.45, 7) is 7.00. The number of rotatable bonds is 1. The molecule has 0 aromatic heterocycles. The smallest absolute Gasteiger partial charge is 0.0644 e. The van der Waals surface area contributed by atoms with E-state index in [1.807, 2.05) is 0 Å². The summed E-state index contributed by atoms with van der Waals surface area (Å²) in [7, 11) is 0. The molecule has 1 heteroatoms. The SMILES string of the molecule is CC1=C(CO)CCC(C)(C)C1. The lowest BCUT2D eigenvalue weighted by molar-refractivity contribution is 0.277. The molecule has 0 aromatic rings. The monoisotopic (exact) mass is 154 g/mol. The molecule has 0 heterocycles. The van der Waals surface area contributed by atoms with Crippen LogP contribution >= 0.6 is 0 Å². The van der Waals surface area contributed by atoms with Crippen LogP contribution in [0.4, 0.5) is 0 Å². The molecule has 0 radical (unpaired) electrons. The summed E-state index contributed by atoms with van der Waals surface area (Å²) in [5, 5.41) is 8.97. The van der Waals surface area contributed by atoms with Crippen LogP contribution in [-0.2, 0) is 0 Å². The van der Waals surface area contributed by atoms with Crippen LogP contribution < -0.4 is 0 Å². The van der Waals surface area contributed by atoms with E-state index in [0.717, 1.165) is 12.8 Å². The van der Waals surface area contributed by atoms with E-state index in [9.17, 15) is 0 Å². The molecule has 0 spiro atoms. The summed E-state index contributed by atoms with van der Waals surface area (Å²) in [4.78, 5) is 0. The second kappa shape index (κ2) is 2.98. The second-order valence-electron chi connectivity index (χ2n) is 4.38. The van der Waals surface area contributed by atoms with Crippen molar-refractivity contribution in [2.24, 2.45) is 5.41 Å². The standard InChI is InChI=1S/C10H18O/c1-8-6-10(2,3)5-4-9(8)7-11/h11H,4-7H2,1-3H3. The van der Waals surface area contributed by atoms with Crippen molar-refractivity contribution >= 4 is 0 Å². The van der Waals surface area contributed by atoms with Crippen LogP contribution in [-0.4, -0.2) is 11.7 Å². The van der Waals surface area contributed by atoms with Gasteiger partial charge < -0.3 is 5.11 Å². The van der Waals surface area contributed by atoms with Gasteiger partial charge in [0.25, 0.3) is 0 Å². The van der Waals surface area contributed by atoms with Crippen molar-refractivity contribution in [3.63, 3.8) is 0 Å². The molecule has 0 aromatic carbocycles. The average molecular weight is 154 g/mol. The highest BCUT2D eigenvalue weighted by Gasteiger charge is 2.24. The summed E-state index contributed by atoms with van der Waals surface area (Å²) in [6, 6.07) is 0. The highest BCUT2D eigenvalue weighted by Crippen LogP contribution is 2.37. The number of hydrogen-bond donors (Lipinski definition) is 1. The molecule has 0 amide bonds. The third kappa shape index (κ3) is 2.06. The fourth-order valence-corrected chi connectivity index (χ4v) is 1.85. The first kappa shape index (κ1) is 8.79. The summed E-state index contributed by atoms with van der Waals surface area (Å²) < 4.78 is 0.